The third-order valence-corrected chi connectivity index (χ3v) is 2.61. The van der Waals surface area contributed by atoms with Crippen molar-refractivity contribution in [3.05, 3.63) is 42.8 Å². The molecule has 0 N–H and O–H groups in total. The van der Waals surface area contributed by atoms with E-state index >= 15 is 0 Å². The normalized spacial score (nSPS) is 10.7. The molecule has 0 nitrogen and oxygen atoms in total. The fraction of sp³-hybridized carbons (Fsp3) is 0.462. The number of hydrogen-bond donors (Lipinski definition) is 0. The summed E-state index contributed by atoms with van der Waals surface area (Å²) < 4.78 is 0. The molecule has 1 aromatic carbocycles. The van der Waals surface area contributed by atoms with Crippen LogP contribution in [0.25, 0.3) is 0 Å². The molecule has 0 heterocycles. The van der Waals surface area contributed by atoms with Crippen molar-refractivity contribution in [3.8, 4) is 0 Å². The summed E-state index contributed by atoms with van der Waals surface area (Å²) in [5.41, 5.74) is 1.42. The fourth-order valence-corrected chi connectivity index (χ4v) is 1.51. The first-order valence-corrected chi connectivity index (χ1v) is 5.11. The lowest BCUT2D eigenvalue weighted by Gasteiger charge is -2.11. The monoisotopic (exact) mass is 174 g/mol. The van der Waals surface area contributed by atoms with E-state index in [0.29, 0.717) is 0 Å². The van der Waals surface area contributed by atoms with E-state index < -0.39 is 0 Å². The molecular weight excluding hydrogens is 156 g/mol. The first kappa shape index (κ1) is 10.3. The summed E-state index contributed by atoms with van der Waals surface area (Å²) in [4.78, 5) is 0. The van der Waals surface area contributed by atoms with Gasteiger partial charge in [-0.25, -0.2) is 0 Å². The zero-order valence-electron chi connectivity index (χ0n) is 8.42. The second-order valence-electron chi connectivity index (χ2n) is 3.51. The zero-order chi connectivity index (χ0) is 9.52. The summed E-state index contributed by atoms with van der Waals surface area (Å²) in [5, 5.41) is 0. The van der Waals surface area contributed by atoms with Gasteiger partial charge in [-0.3, -0.25) is 0 Å². The average molecular weight is 174 g/mol. The van der Waals surface area contributed by atoms with E-state index in [1.807, 2.05) is 12.1 Å². The van der Waals surface area contributed by atoms with Crippen molar-refractivity contribution in [1.29, 1.82) is 0 Å². The second kappa shape index (κ2) is 5.80. The van der Waals surface area contributed by atoms with Crippen LogP contribution < -0.4 is 0 Å². The Hall–Kier alpha value is -0.780. The maximum Gasteiger partial charge on any atom is -0.0184 e. The summed E-state index contributed by atoms with van der Waals surface area (Å²) in [5.74, 6) is 0.796. The standard InChI is InChI=1S/C13H18/c1-3-12(4-2)10-11-13-8-6-5-7-9-13/h6-9,12H,1,3-4,10-11H2,2H3. The minimum absolute atomic E-state index is 0.796. The molecule has 1 atom stereocenters. The van der Waals surface area contributed by atoms with Crippen molar-refractivity contribution in [2.24, 2.45) is 5.92 Å². The van der Waals surface area contributed by atoms with Crippen LogP contribution in [-0.4, -0.2) is 0 Å². The van der Waals surface area contributed by atoms with Gasteiger partial charge in [-0.2, -0.15) is 0 Å². The van der Waals surface area contributed by atoms with Crippen molar-refractivity contribution in [1.82, 2.24) is 0 Å². The van der Waals surface area contributed by atoms with Gasteiger partial charge in [0.2, 0.25) is 0 Å². The molecule has 0 heteroatoms. The first-order chi connectivity index (χ1) is 6.36. The van der Waals surface area contributed by atoms with Gasteiger partial charge in [0, 0.05) is 0 Å². The van der Waals surface area contributed by atoms with Gasteiger partial charge < -0.3 is 0 Å². The van der Waals surface area contributed by atoms with Gasteiger partial charge in [0.25, 0.3) is 0 Å². The highest BCUT2D eigenvalue weighted by atomic mass is 14.1. The van der Waals surface area contributed by atoms with Crippen LogP contribution in [0.2, 0.25) is 0 Å². The highest BCUT2D eigenvalue weighted by molar-refractivity contribution is 5.13. The number of benzene rings is 1. The van der Waals surface area contributed by atoms with Crippen LogP contribution in [0.15, 0.2) is 24.3 Å². The van der Waals surface area contributed by atoms with Crippen LogP contribution in [0.3, 0.4) is 0 Å². The Morgan fingerprint density at radius 3 is 2.62 bits per heavy atom. The molecule has 0 saturated heterocycles. The lowest BCUT2D eigenvalue weighted by atomic mass is 9.95. The van der Waals surface area contributed by atoms with Gasteiger partial charge in [0.15, 0.2) is 0 Å². The van der Waals surface area contributed by atoms with E-state index in [1.54, 1.807) is 0 Å². The van der Waals surface area contributed by atoms with Gasteiger partial charge in [-0.05, 0) is 30.4 Å². The molecule has 0 saturated carbocycles. The van der Waals surface area contributed by atoms with Crippen LogP contribution in [0.5, 0.6) is 0 Å². The molecule has 0 amide bonds. The molecule has 1 unspecified atom stereocenters. The first-order valence-electron chi connectivity index (χ1n) is 5.11. The maximum atomic E-state index is 3.96. The lowest BCUT2D eigenvalue weighted by Crippen LogP contribution is -1.99. The molecule has 0 aromatic heterocycles. The van der Waals surface area contributed by atoms with Crippen LogP contribution in [0.1, 0.15) is 31.7 Å². The largest absolute Gasteiger partial charge is 0.0651 e. The molecule has 1 aromatic rings. The summed E-state index contributed by atoms with van der Waals surface area (Å²) in [7, 11) is 0. The molecule has 0 bridgehead atoms. The molecule has 1 rings (SSSR count). The van der Waals surface area contributed by atoms with E-state index in [9.17, 15) is 0 Å². The summed E-state index contributed by atoms with van der Waals surface area (Å²) in [6.45, 7) is 6.21. The van der Waals surface area contributed by atoms with Crippen molar-refractivity contribution >= 4 is 0 Å². The van der Waals surface area contributed by atoms with Gasteiger partial charge in [-0.15, -0.1) is 0 Å². The highest BCUT2D eigenvalue weighted by Crippen LogP contribution is 2.15. The third kappa shape index (κ3) is 3.63. The van der Waals surface area contributed by atoms with Gasteiger partial charge in [-0.1, -0.05) is 51.0 Å². The van der Waals surface area contributed by atoms with Crippen molar-refractivity contribution in [2.75, 3.05) is 0 Å². The Bertz CT molecular complexity index is 209. The smallest absolute Gasteiger partial charge is 0.0184 e. The van der Waals surface area contributed by atoms with Crippen LogP contribution in [-0.2, 0) is 6.42 Å². The number of rotatable bonds is 5. The zero-order valence-corrected chi connectivity index (χ0v) is 8.42. The molecular formula is C13H18. The maximum absolute atomic E-state index is 3.96. The molecule has 0 aliphatic rings. The SMILES string of the molecule is [CH2]CC(CC)CCc1cc[c]cc1. The van der Waals surface area contributed by atoms with Crippen LogP contribution in [0.4, 0.5) is 0 Å². The molecule has 0 aliphatic heterocycles. The van der Waals surface area contributed by atoms with E-state index in [2.05, 4.69) is 32.0 Å². The topological polar surface area (TPSA) is 0 Å². The summed E-state index contributed by atoms with van der Waals surface area (Å²) in [6.07, 6.45) is 4.77. The Morgan fingerprint density at radius 2 is 2.08 bits per heavy atom. The Labute approximate surface area is 82.0 Å². The number of hydrogen-bond acceptors (Lipinski definition) is 0. The minimum Gasteiger partial charge on any atom is -0.0651 e. The summed E-state index contributed by atoms with van der Waals surface area (Å²) >= 11 is 0. The quantitative estimate of drug-likeness (QED) is 0.639. The minimum atomic E-state index is 0.796. The fourth-order valence-electron chi connectivity index (χ4n) is 1.51. The Kier molecular flexibility index (Phi) is 4.59. The van der Waals surface area contributed by atoms with E-state index in [1.165, 1.54) is 24.8 Å². The lowest BCUT2D eigenvalue weighted by molar-refractivity contribution is 0.475. The molecule has 2 radical (unpaired) electrons. The average Bonchev–Trinajstić information content (AvgIpc) is 2.21. The predicted molar refractivity (Wildman–Crippen MR) is 57.4 cm³/mol. The number of aryl methyl sites for hydroxylation is 1. The van der Waals surface area contributed by atoms with Crippen molar-refractivity contribution in [2.45, 2.75) is 32.6 Å². The molecule has 13 heavy (non-hydrogen) atoms. The predicted octanol–water partition coefficient (Wildman–Crippen LogP) is 3.67. The van der Waals surface area contributed by atoms with Crippen molar-refractivity contribution in [3.63, 3.8) is 0 Å². The Balaban J connectivity index is 2.34. The molecule has 0 spiro atoms. The van der Waals surface area contributed by atoms with Crippen molar-refractivity contribution < 1.29 is 0 Å². The van der Waals surface area contributed by atoms with Gasteiger partial charge in [0.05, 0.1) is 0 Å². The molecule has 70 valence electrons. The van der Waals surface area contributed by atoms with E-state index in [-0.39, 0.29) is 0 Å². The van der Waals surface area contributed by atoms with Crippen LogP contribution in [0, 0.1) is 18.9 Å². The van der Waals surface area contributed by atoms with E-state index in [0.717, 1.165) is 12.3 Å². The highest BCUT2D eigenvalue weighted by Gasteiger charge is 2.02. The third-order valence-electron chi connectivity index (χ3n) is 2.61. The molecule has 0 aliphatic carbocycles. The van der Waals surface area contributed by atoms with Gasteiger partial charge >= 0.3 is 0 Å². The van der Waals surface area contributed by atoms with E-state index in [4.69, 9.17) is 0 Å². The van der Waals surface area contributed by atoms with Gasteiger partial charge in [0.1, 0.15) is 0 Å². The van der Waals surface area contributed by atoms with Crippen LogP contribution >= 0.6 is 0 Å². The Morgan fingerprint density at radius 1 is 1.38 bits per heavy atom. The second-order valence-corrected chi connectivity index (χ2v) is 3.51. The molecule has 0 fully saturated rings. The summed E-state index contributed by atoms with van der Waals surface area (Å²) in [6, 6.07) is 11.3.